The van der Waals surface area contributed by atoms with E-state index in [0.717, 1.165) is 43.1 Å². The van der Waals surface area contributed by atoms with Crippen LogP contribution in [0.25, 0.3) is 0 Å². The molecule has 1 saturated heterocycles. The van der Waals surface area contributed by atoms with Gasteiger partial charge in [-0.15, -0.1) is 0 Å². The average Bonchev–Trinajstić information content (AvgIpc) is 3.24. The highest BCUT2D eigenvalue weighted by Gasteiger charge is 2.34. The molecule has 2 aliphatic heterocycles. The standard InChI is InChI=1S/C22H30N6O3/c1-4-31-17-8-6-16(7-9-17)23-22(30)28-14-18-19(15-28)26(3)24-20(18)21(29)27-11-5-10-25(2)12-13-27/h6-9H,4-5,10-15H2,1-3H3,(H,23,30). The maximum atomic E-state index is 13.2. The van der Waals surface area contributed by atoms with Gasteiger partial charge in [0.2, 0.25) is 0 Å². The van der Waals surface area contributed by atoms with Gasteiger partial charge in [0.25, 0.3) is 5.91 Å². The van der Waals surface area contributed by atoms with Crippen LogP contribution in [0.4, 0.5) is 10.5 Å². The predicted octanol–water partition coefficient (Wildman–Crippen LogP) is 2.14. The Hall–Kier alpha value is -3.07. The number of aromatic nitrogens is 2. The number of likely N-dealkylation sites (N-methyl/N-ethyl adjacent to an activating group) is 1. The fourth-order valence-corrected chi connectivity index (χ4v) is 4.11. The molecule has 0 aliphatic carbocycles. The van der Waals surface area contributed by atoms with Crippen molar-refractivity contribution in [3.63, 3.8) is 0 Å². The number of amides is 3. The van der Waals surface area contributed by atoms with Crippen molar-refractivity contribution >= 4 is 17.6 Å². The molecule has 4 rings (SSSR count). The molecule has 0 saturated carbocycles. The Morgan fingerprint density at radius 3 is 2.55 bits per heavy atom. The number of urea groups is 1. The SMILES string of the molecule is CCOc1ccc(NC(=O)N2Cc3c(C(=O)N4CCCN(C)CC4)nn(C)c3C2)cc1. The molecular formula is C22H30N6O3. The fourth-order valence-electron chi connectivity index (χ4n) is 4.11. The number of aryl methyl sites for hydroxylation is 1. The highest BCUT2D eigenvalue weighted by atomic mass is 16.5. The molecule has 1 aromatic carbocycles. The number of hydrogen-bond donors (Lipinski definition) is 1. The van der Waals surface area contributed by atoms with Gasteiger partial charge in [-0.2, -0.15) is 5.10 Å². The smallest absolute Gasteiger partial charge is 0.322 e. The molecule has 166 valence electrons. The van der Waals surface area contributed by atoms with Crippen LogP contribution in [0.3, 0.4) is 0 Å². The van der Waals surface area contributed by atoms with Crippen molar-refractivity contribution in [1.82, 2.24) is 24.5 Å². The highest BCUT2D eigenvalue weighted by molar-refractivity contribution is 5.95. The molecule has 1 fully saturated rings. The molecule has 1 N–H and O–H groups in total. The summed E-state index contributed by atoms with van der Waals surface area (Å²) in [6, 6.07) is 7.10. The maximum absolute atomic E-state index is 13.2. The zero-order valence-electron chi connectivity index (χ0n) is 18.4. The van der Waals surface area contributed by atoms with Crippen LogP contribution in [0.5, 0.6) is 5.75 Å². The number of nitrogens with zero attached hydrogens (tertiary/aromatic N) is 5. The van der Waals surface area contributed by atoms with E-state index in [1.54, 1.807) is 9.58 Å². The monoisotopic (exact) mass is 426 g/mol. The first kappa shape index (κ1) is 21.2. The number of hydrogen-bond acceptors (Lipinski definition) is 5. The van der Waals surface area contributed by atoms with E-state index in [9.17, 15) is 9.59 Å². The summed E-state index contributed by atoms with van der Waals surface area (Å²) in [7, 11) is 3.91. The lowest BCUT2D eigenvalue weighted by atomic mass is 10.2. The summed E-state index contributed by atoms with van der Waals surface area (Å²) in [4.78, 5) is 31.8. The summed E-state index contributed by atoms with van der Waals surface area (Å²) in [6.45, 7) is 6.61. The van der Waals surface area contributed by atoms with Gasteiger partial charge in [0.15, 0.2) is 5.69 Å². The second-order valence-corrected chi connectivity index (χ2v) is 8.09. The van der Waals surface area contributed by atoms with Crippen LogP contribution in [0.1, 0.15) is 35.1 Å². The van der Waals surface area contributed by atoms with Crippen molar-refractivity contribution < 1.29 is 14.3 Å². The molecule has 2 aromatic rings. The third-order valence-corrected chi connectivity index (χ3v) is 5.88. The van der Waals surface area contributed by atoms with Gasteiger partial charge in [-0.1, -0.05) is 0 Å². The molecule has 3 amide bonds. The molecule has 0 atom stereocenters. The second kappa shape index (κ2) is 8.97. The van der Waals surface area contributed by atoms with Crippen molar-refractivity contribution in [2.45, 2.75) is 26.4 Å². The number of nitrogens with one attached hydrogen (secondary N) is 1. The van der Waals surface area contributed by atoms with Gasteiger partial charge >= 0.3 is 6.03 Å². The second-order valence-electron chi connectivity index (χ2n) is 8.09. The third-order valence-electron chi connectivity index (χ3n) is 5.88. The Kier molecular flexibility index (Phi) is 6.13. The maximum Gasteiger partial charge on any atom is 0.322 e. The Balaban J connectivity index is 1.44. The van der Waals surface area contributed by atoms with E-state index >= 15 is 0 Å². The summed E-state index contributed by atoms with van der Waals surface area (Å²) in [5, 5.41) is 7.42. The molecular weight excluding hydrogens is 396 g/mol. The van der Waals surface area contributed by atoms with Gasteiger partial charge in [-0.05, 0) is 51.2 Å². The summed E-state index contributed by atoms with van der Waals surface area (Å²) in [5.41, 5.74) is 2.94. The number of anilines is 1. The lowest BCUT2D eigenvalue weighted by molar-refractivity contribution is 0.0754. The molecule has 0 unspecified atom stereocenters. The van der Waals surface area contributed by atoms with Gasteiger partial charge in [-0.25, -0.2) is 4.79 Å². The minimum atomic E-state index is -0.199. The van der Waals surface area contributed by atoms with Gasteiger partial charge in [0, 0.05) is 37.9 Å². The minimum Gasteiger partial charge on any atom is -0.494 e. The molecule has 3 heterocycles. The van der Waals surface area contributed by atoms with Crippen LogP contribution in [0.2, 0.25) is 0 Å². The number of rotatable bonds is 4. The summed E-state index contributed by atoms with van der Waals surface area (Å²) < 4.78 is 7.17. The predicted molar refractivity (Wildman–Crippen MR) is 117 cm³/mol. The van der Waals surface area contributed by atoms with Gasteiger partial charge < -0.3 is 24.8 Å². The molecule has 9 nitrogen and oxygen atoms in total. The van der Waals surface area contributed by atoms with Crippen LogP contribution in [0, 0.1) is 0 Å². The first-order valence-corrected chi connectivity index (χ1v) is 10.8. The third kappa shape index (κ3) is 4.51. The van der Waals surface area contributed by atoms with Crippen LogP contribution < -0.4 is 10.1 Å². The van der Waals surface area contributed by atoms with E-state index in [0.29, 0.717) is 37.6 Å². The van der Waals surface area contributed by atoms with E-state index in [1.807, 2.05) is 43.1 Å². The first-order chi connectivity index (χ1) is 15.0. The number of benzene rings is 1. The number of ether oxygens (including phenoxy) is 1. The van der Waals surface area contributed by atoms with E-state index in [2.05, 4.69) is 22.4 Å². The fraction of sp³-hybridized carbons (Fsp3) is 0.500. The number of carbonyl (C=O) groups is 2. The Labute approximate surface area is 182 Å². The first-order valence-electron chi connectivity index (χ1n) is 10.8. The number of fused-ring (bicyclic) bond motifs is 1. The quantitative estimate of drug-likeness (QED) is 0.810. The van der Waals surface area contributed by atoms with E-state index < -0.39 is 0 Å². The van der Waals surface area contributed by atoms with Crippen LogP contribution in [-0.2, 0) is 20.1 Å². The summed E-state index contributed by atoms with van der Waals surface area (Å²) in [6.07, 6.45) is 0.952. The Morgan fingerprint density at radius 2 is 1.81 bits per heavy atom. The van der Waals surface area contributed by atoms with Crippen LogP contribution in [-0.4, -0.2) is 76.3 Å². The van der Waals surface area contributed by atoms with Gasteiger partial charge in [-0.3, -0.25) is 9.48 Å². The largest absolute Gasteiger partial charge is 0.494 e. The lowest BCUT2D eigenvalue weighted by Crippen LogP contribution is -2.36. The van der Waals surface area contributed by atoms with Crippen LogP contribution >= 0.6 is 0 Å². The Morgan fingerprint density at radius 1 is 1.03 bits per heavy atom. The highest BCUT2D eigenvalue weighted by Crippen LogP contribution is 2.27. The van der Waals surface area contributed by atoms with Gasteiger partial charge in [0.1, 0.15) is 5.75 Å². The molecule has 2 aliphatic rings. The van der Waals surface area contributed by atoms with Crippen molar-refractivity contribution in [3.05, 3.63) is 41.2 Å². The van der Waals surface area contributed by atoms with Crippen molar-refractivity contribution in [3.8, 4) is 5.75 Å². The molecule has 0 bridgehead atoms. The normalized spacial score (nSPS) is 16.7. The molecule has 1 aromatic heterocycles. The van der Waals surface area contributed by atoms with Gasteiger partial charge in [0.05, 0.1) is 25.4 Å². The average molecular weight is 427 g/mol. The lowest BCUT2D eigenvalue weighted by Gasteiger charge is -2.20. The van der Waals surface area contributed by atoms with E-state index in [4.69, 9.17) is 4.74 Å². The zero-order chi connectivity index (χ0) is 22.0. The molecule has 0 radical (unpaired) electrons. The molecule has 31 heavy (non-hydrogen) atoms. The van der Waals surface area contributed by atoms with Crippen LogP contribution in [0.15, 0.2) is 24.3 Å². The number of carbonyl (C=O) groups excluding carboxylic acids is 2. The van der Waals surface area contributed by atoms with E-state index in [1.165, 1.54) is 0 Å². The van der Waals surface area contributed by atoms with Crippen molar-refractivity contribution in [2.24, 2.45) is 7.05 Å². The Bertz CT molecular complexity index is 955. The topological polar surface area (TPSA) is 82.9 Å². The van der Waals surface area contributed by atoms with Crippen molar-refractivity contribution in [2.75, 3.05) is 45.2 Å². The summed E-state index contributed by atoms with van der Waals surface area (Å²) >= 11 is 0. The minimum absolute atomic E-state index is 0.0408. The zero-order valence-corrected chi connectivity index (χ0v) is 18.4. The molecule has 0 spiro atoms. The molecule has 9 heteroatoms. The van der Waals surface area contributed by atoms with Crippen molar-refractivity contribution in [1.29, 1.82) is 0 Å². The summed E-state index contributed by atoms with van der Waals surface area (Å²) in [5.74, 6) is 0.726. The van der Waals surface area contributed by atoms with E-state index in [-0.39, 0.29) is 11.9 Å².